The summed E-state index contributed by atoms with van der Waals surface area (Å²) in [6.07, 6.45) is 0. The van der Waals surface area contributed by atoms with Crippen LogP contribution in [0.5, 0.6) is 5.75 Å². The molecule has 0 bridgehead atoms. The minimum absolute atomic E-state index is 0.111. The number of thiazole rings is 2. The van der Waals surface area contributed by atoms with Crippen molar-refractivity contribution in [1.82, 2.24) is 18.6 Å². The minimum Gasteiger partial charge on any atom is -0.496 e. The zero-order valence-corrected chi connectivity index (χ0v) is 35.0. The van der Waals surface area contributed by atoms with E-state index in [4.69, 9.17) is 4.74 Å². The van der Waals surface area contributed by atoms with Crippen molar-refractivity contribution in [2.24, 2.45) is 0 Å². The summed E-state index contributed by atoms with van der Waals surface area (Å²) in [5.74, 6) is -3.60. The monoisotopic (exact) mass is 886 g/mol. The highest BCUT2D eigenvalue weighted by Gasteiger charge is 2.35. The first-order valence-corrected chi connectivity index (χ1v) is 22.9. The van der Waals surface area contributed by atoms with E-state index >= 15 is 0 Å². The summed E-state index contributed by atoms with van der Waals surface area (Å²) < 4.78 is 114. The lowest BCUT2D eigenvalue weighted by Crippen LogP contribution is -2.49. The molecule has 4 aromatic carbocycles. The third-order valence-electron chi connectivity index (χ3n) is 9.73. The number of aromatic nitrogens is 2. The Balaban J connectivity index is 0.000000179. The van der Waals surface area contributed by atoms with E-state index in [1.54, 1.807) is 7.11 Å². The summed E-state index contributed by atoms with van der Waals surface area (Å²) in [4.78, 5) is 11.5. The molecule has 6 aromatic rings. The normalized spacial score (nSPS) is 15.5. The smallest absolute Gasteiger partial charge is 0.249 e. The van der Waals surface area contributed by atoms with Gasteiger partial charge in [-0.3, -0.25) is 0 Å². The van der Waals surface area contributed by atoms with Gasteiger partial charge in [0.2, 0.25) is 20.0 Å². The molecule has 2 fully saturated rings. The van der Waals surface area contributed by atoms with Crippen molar-refractivity contribution in [2.45, 2.75) is 16.7 Å². The summed E-state index contributed by atoms with van der Waals surface area (Å²) in [6.45, 7) is 4.05. The van der Waals surface area contributed by atoms with E-state index in [1.165, 1.54) is 22.7 Å². The number of piperazine rings is 2. The summed E-state index contributed by atoms with van der Waals surface area (Å²) in [6, 6.07) is 21.7. The maximum absolute atomic E-state index is 14.0. The topological polar surface area (TPSA) is 116 Å². The number of rotatable bonds is 9. The van der Waals surface area contributed by atoms with Crippen LogP contribution in [-0.4, -0.2) is 94.9 Å². The van der Waals surface area contributed by atoms with Crippen LogP contribution >= 0.6 is 22.7 Å². The van der Waals surface area contributed by atoms with Gasteiger partial charge in [0.1, 0.15) is 29.0 Å². The Kier molecular flexibility index (Phi) is 12.7. The summed E-state index contributed by atoms with van der Waals surface area (Å²) in [5, 5.41) is 5.45. The number of ether oxygens (including phenoxy) is 1. The molecule has 0 N–H and O–H groups in total. The van der Waals surface area contributed by atoms with Crippen molar-refractivity contribution in [2.75, 3.05) is 69.3 Å². The molecular weight excluding hydrogens is 849 g/mol. The van der Waals surface area contributed by atoms with Crippen molar-refractivity contribution < 1.29 is 39.1 Å². The second kappa shape index (κ2) is 17.7. The van der Waals surface area contributed by atoms with Gasteiger partial charge in [0.15, 0.2) is 20.1 Å². The first-order chi connectivity index (χ1) is 28.3. The van der Waals surface area contributed by atoms with Gasteiger partial charge in [-0.25, -0.2) is 44.4 Å². The van der Waals surface area contributed by atoms with Crippen LogP contribution in [0, 0.1) is 30.2 Å². The van der Waals surface area contributed by atoms with Gasteiger partial charge in [0, 0.05) is 74.2 Å². The fourth-order valence-corrected chi connectivity index (χ4v) is 11.5. The molecule has 0 spiro atoms. The fraction of sp³-hybridized carbons (Fsp3) is 0.250. The third-order valence-corrected chi connectivity index (χ3v) is 15.4. The highest BCUT2D eigenvalue weighted by atomic mass is 32.2. The predicted octanol–water partition coefficient (Wildman–Crippen LogP) is 7.52. The number of nitrogens with zero attached hydrogens (tertiary/aromatic N) is 6. The van der Waals surface area contributed by atoms with E-state index in [1.807, 2.05) is 69.9 Å². The second-order valence-corrected chi connectivity index (χ2v) is 18.9. The standard InChI is InChI=1S/C20H19F2N3O3S2.C20H19F2N3O2S2/c1-28-18-8-3-2-5-14(18)17-13-29-20(23-17)24-9-11-25(12-10-24)30(26,27)19-15(21)6-4-7-16(19)22;1-14-4-2-5-15(12-14)18-13-28-20(23-18)24-8-10-25(11-9-24)29(26,27)19-16(21)6-3-7-17(19)22/h2-8,13H,9-12H2,1H3;2-7,12-13H,8-11H2,1H3. The highest BCUT2D eigenvalue weighted by Crippen LogP contribution is 2.34. The first kappa shape index (κ1) is 42.2. The van der Waals surface area contributed by atoms with E-state index in [0.717, 1.165) is 89.1 Å². The SMILES string of the molecule is COc1ccccc1-c1csc(N2CCN(S(=O)(=O)c3c(F)cccc3F)CC2)n1.Cc1cccc(-c2csc(N3CCN(S(=O)(=O)c4c(F)cccc4F)CC3)n2)c1. The van der Waals surface area contributed by atoms with Gasteiger partial charge in [0.05, 0.1) is 18.5 Å². The highest BCUT2D eigenvalue weighted by molar-refractivity contribution is 7.89. The molecule has 0 aliphatic carbocycles. The Bertz CT molecular complexity index is 2620. The molecule has 2 aliphatic heterocycles. The van der Waals surface area contributed by atoms with Gasteiger partial charge < -0.3 is 14.5 Å². The average Bonchev–Trinajstić information content (AvgIpc) is 3.93. The van der Waals surface area contributed by atoms with Crippen molar-refractivity contribution >= 4 is 53.0 Å². The number of hydrogen-bond donors (Lipinski definition) is 0. The average molecular weight is 887 g/mol. The summed E-state index contributed by atoms with van der Waals surface area (Å²) >= 11 is 2.95. The van der Waals surface area contributed by atoms with Gasteiger partial charge in [0.25, 0.3) is 0 Å². The quantitative estimate of drug-likeness (QED) is 0.136. The van der Waals surface area contributed by atoms with Crippen molar-refractivity contribution in [1.29, 1.82) is 0 Å². The molecule has 2 aliphatic rings. The molecule has 59 heavy (non-hydrogen) atoms. The fourth-order valence-electron chi connectivity index (χ4n) is 6.69. The molecule has 11 nitrogen and oxygen atoms in total. The molecule has 0 saturated carbocycles. The Morgan fingerprint density at radius 2 is 1.02 bits per heavy atom. The van der Waals surface area contributed by atoms with Crippen molar-refractivity contribution in [3.8, 4) is 28.3 Å². The number of halogens is 4. The number of hydrogen-bond acceptors (Lipinski definition) is 11. The van der Waals surface area contributed by atoms with Crippen LogP contribution in [0.2, 0.25) is 0 Å². The molecule has 0 radical (unpaired) electrons. The van der Waals surface area contributed by atoms with Crippen LogP contribution in [0.15, 0.2) is 105 Å². The summed E-state index contributed by atoms with van der Waals surface area (Å²) in [5.41, 5.74) is 4.70. The molecule has 0 atom stereocenters. The van der Waals surface area contributed by atoms with E-state index in [-0.39, 0.29) is 26.2 Å². The number of methoxy groups -OCH3 is 1. The van der Waals surface area contributed by atoms with Crippen LogP contribution in [0.3, 0.4) is 0 Å². The molecular formula is C40H38F4N6O5S4. The molecule has 4 heterocycles. The van der Waals surface area contributed by atoms with Crippen LogP contribution in [0.25, 0.3) is 22.5 Å². The Morgan fingerprint density at radius 1 is 0.576 bits per heavy atom. The van der Waals surface area contributed by atoms with Gasteiger partial charge in [-0.2, -0.15) is 8.61 Å². The molecule has 2 aromatic heterocycles. The molecule has 0 unspecified atom stereocenters. The number of aryl methyl sites for hydroxylation is 1. The van der Waals surface area contributed by atoms with Crippen molar-refractivity contribution in [3.05, 3.63) is 125 Å². The van der Waals surface area contributed by atoms with Crippen LogP contribution in [-0.2, 0) is 20.0 Å². The largest absolute Gasteiger partial charge is 0.496 e. The Labute approximate surface area is 347 Å². The van der Waals surface area contributed by atoms with Gasteiger partial charge in [-0.15, -0.1) is 22.7 Å². The third kappa shape index (κ3) is 9.00. The molecule has 310 valence electrons. The minimum atomic E-state index is -4.25. The van der Waals surface area contributed by atoms with E-state index in [0.29, 0.717) is 26.2 Å². The van der Waals surface area contributed by atoms with E-state index in [2.05, 4.69) is 16.0 Å². The maximum Gasteiger partial charge on any atom is 0.249 e. The lowest BCUT2D eigenvalue weighted by Gasteiger charge is -2.33. The lowest BCUT2D eigenvalue weighted by atomic mass is 10.1. The molecule has 0 amide bonds. The lowest BCUT2D eigenvalue weighted by molar-refractivity contribution is 0.378. The number of sulfonamides is 2. The molecule has 2 saturated heterocycles. The predicted molar refractivity (Wildman–Crippen MR) is 221 cm³/mol. The van der Waals surface area contributed by atoms with Crippen LogP contribution < -0.4 is 14.5 Å². The van der Waals surface area contributed by atoms with Gasteiger partial charge in [-0.05, 0) is 49.4 Å². The van der Waals surface area contributed by atoms with Crippen LogP contribution in [0.4, 0.5) is 27.8 Å². The van der Waals surface area contributed by atoms with Crippen molar-refractivity contribution in [3.63, 3.8) is 0 Å². The van der Waals surface area contributed by atoms with Crippen LogP contribution in [0.1, 0.15) is 5.56 Å². The summed E-state index contributed by atoms with van der Waals surface area (Å²) in [7, 11) is -6.88. The Hall–Kier alpha value is -4.92. The van der Waals surface area contributed by atoms with E-state index < -0.39 is 53.1 Å². The molecule has 8 rings (SSSR count). The first-order valence-electron chi connectivity index (χ1n) is 18.3. The molecule has 19 heteroatoms. The Morgan fingerprint density at radius 3 is 1.49 bits per heavy atom. The number of benzene rings is 4. The number of para-hydroxylation sites is 1. The van der Waals surface area contributed by atoms with Gasteiger partial charge in [-0.1, -0.05) is 48.0 Å². The maximum atomic E-state index is 14.0. The number of anilines is 2. The second-order valence-electron chi connectivity index (χ2n) is 13.5. The zero-order valence-electron chi connectivity index (χ0n) is 31.8. The zero-order chi connectivity index (χ0) is 41.9. The van der Waals surface area contributed by atoms with Gasteiger partial charge >= 0.3 is 0 Å². The van der Waals surface area contributed by atoms with E-state index in [9.17, 15) is 34.4 Å².